The van der Waals surface area contributed by atoms with Crippen LogP contribution in [0.2, 0.25) is 0 Å². The zero-order chi connectivity index (χ0) is 12.3. The molecule has 0 aliphatic rings. The fourth-order valence-corrected chi connectivity index (χ4v) is 1.07. The summed E-state index contributed by atoms with van der Waals surface area (Å²) in [5.41, 5.74) is -0.846. The molecule has 0 bridgehead atoms. The monoisotopic (exact) mass is 233 g/mol. The number of nitrogens with zero attached hydrogens (tertiary/aromatic N) is 1. The lowest BCUT2D eigenvalue weighted by Gasteiger charge is -2.11. The summed E-state index contributed by atoms with van der Waals surface area (Å²) in [5.74, 6) is -0.852. The molecule has 0 fully saturated rings. The fraction of sp³-hybridized carbons (Fsp3) is 0.111. The second kappa shape index (κ2) is 4.21. The molecule has 86 valence electrons. The Morgan fingerprint density at radius 2 is 2.06 bits per heavy atom. The van der Waals surface area contributed by atoms with Crippen LogP contribution in [0.15, 0.2) is 24.8 Å². The molecule has 1 rings (SSSR count). The van der Waals surface area contributed by atoms with Gasteiger partial charge in [0.2, 0.25) is 5.75 Å². The number of halogens is 3. The maximum Gasteiger partial charge on any atom is 0.573 e. The van der Waals surface area contributed by atoms with Gasteiger partial charge >= 0.3 is 12.0 Å². The van der Waals surface area contributed by atoms with Crippen LogP contribution in [-0.4, -0.2) is 11.3 Å². The first-order valence-electron chi connectivity index (χ1n) is 4.00. The quantitative estimate of drug-likeness (QED) is 0.595. The van der Waals surface area contributed by atoms with Gasteiger partial charge in [-0.05, 0) is 0 Å². The van der Waals surface area contributed by atoms with Crippen molar-refractivity contribution >= 4 is 11.8 Å². The van der Waals surface area contributed by atoms with E-state index in [1.165, 1.54) is 12.1 Å². The lowest BCUT2D eigenvalue weighted by atomic mass is 10.2. The third-order valence-corrected chi connectivity index (χ3v) is 1.66. The number of rotatable bonds is 3. The van der Waals surface area contributed by atoms with Crippen LogP contribution in [0.3, 0.4) is 0 Å². The van der Waals surface area contributed by atoms with Crippen molar-refractivity contribution in [2.24, 2.45) is 0 Å². The van der Waals surface area contributed by atoms with Gasteiger partial charge in [-0.2, -0.15) is 0 Å². The van der Waals surface area contributed by atoms with Gasteiger partial charge in [-0.3, -0.25) is 10.1 Å². The smallest absolute Gasteiger partial charge is 0.398 e. The van der Waals surface area contributed by atoms with Crippen molar-refractivity contribution in [1.82, 2.24) is 0 Å². The van der Waals surface area contributed by atoms with E-state index in [4.69, 9.17) is 0 Å². The Bertz CT molecular complexity index is 428. The van der Waals surface area contributed by atoms with E-state index in [0.717, 1.165) is 12.1 Å². The molecule has 0 atom stereocenters. The Balaban J connectivity index is 3.30. The lowest BCUT2D eigenvalue weighted by Crippen LogP contribution is -2.18. The highest BCUT2D eigenvalue weighted by Crippen LogP contribution is 2.35. The van der Waals surface area contributed by atoms with Crippen LogP contribution in [0.5, 0.6) is 5.75 Å². The molecule has 0 aliphatic heterocycles. The number of para-hydroxylation sites is 1. The van der Waals surface area contributed by atoms with Crippen LogP contribution in [0, 0.1) is 10.1 Å². The number of hydrogen-bond donors (Lipinski definition) is 0. The second-order valence-corrected chi connectivity index (χ2v) is 2.70. The molecular formula is C9H6F3NO3. The van der Waals surface area contributed by atoms with E-state index in [1.54, 1.807) is 0 Å². The van der Waals surface area contributed by atoms with Crippen molar-refractivity contribution in [1.29, 1.82) is 0 Å². The van der Waals surface area contributed by atoms with Crippen LogP contribution in [0.25, 0.3) is 6.08 Å². The van der Waals surface area contributed by atoms with Crippen molar-refractivity contribution in [2.45, 2.75) is 6.36 Å². The van der Waals surface area contributed by atoms with Crippen molar-refractivity contribution in [3.8, 4) is 5.75 Å². The molecule has 0 saturated heterocycles. The summed E-state index contributed by atoms with van der Waals surface area (Å²) in [6, 6.07) is 3.41. The van der Waals surface area contributed by atoms with Crippen molar-refractivity contribution in [3.63, 3.8) is 0 Å². The maximum atomic E-state index is 12.0. The first-order valence-corrected chi connectivity index (χ1v) is 4.00. The average Bonchev–Trinajstić information content (AvgIpc) is 2.15. The van der Waals surface area contributed by atoms with Gasteiger partial charge in [0.25, 0.3) is 0 Å². The molecule has 7 heteroatoms. The summed E-state index contributed by atoms with van der Waals surface area (Å²) in [6.07, 6.45) is -3.93. The number of alkyl halides is 3. The summed E-state index contributed by atoms with van der Waals surface area (Å²) < 4.78 is 39.7. The zero-order valence-corrected chi connectivity index (χ0v) is 7.82. The topological polar surface area (TPSA) is 52.4 Å². The van der Waals surface area contributed by atoms with E-state index >= 15 is 0 Å². The molecule has 0 spiro atoms. The van der Waals surface area contributed by atoms with Crippen LogP contribution in [0.1, 0.15) is 5.56 Å². The van der Waals surface area contributed by atoms with Gasteiger partial charge in [0.15, 0.2) is 0 Å². The second-order valence-electron chi connectivity index (χ2n) is 2.70. The zero-order valence-electron chi connectivity index (χ0n) is 7.82. The first kappa shape index (κ1) is 12.0. The number of hydrogen-bond acceptors (Lipinski definition) is 3. The summed E-state index contributed by atoms with van der Waals surface area (Å²) in [6.45, 7) is 3.25. The summed E-state index contributed by atoms with van der Waals surface area (Å²) in [5, 5.41) is 10.5. The Morgan fingerprint density at radius 1 is 1.44 bits per heavy atom. The van der Waals surface area contributed by atoms with E-state index in [1.807, 2.05) is 0 Å². The molecule has 1 aromatic rings. The predicted molar refractivity (Wildman–Crippen MR) is 49.9 cm³/mol. The highest BCUT2D eigenvalue weighted by atomic mass is 19.4. The highest BCUT2D eigenvalue weighted by molar-refractivity contribution is 5.63. The molecule has 1 aromatic carbocycles. The minimum absolute atomic E-state index is 0.0912. The predicted octanol–water partition coefficient (Wildman–Crippen LogP) is 3.14. The molecule has 0 aliphatic carbocycles. The first-order chi connectivity index (χ1) is 7.35. The lowest BCUT2D eigenvalue weighted by molar-refractivity contribution is -0.388. The molecule has 0 radical (unpaired) electrons. The van der Waals surface area contributed by atoms with Gasteiger partial charge in [0.1, 0.15) is 0 Å². The maximum absolute atomic E-state index is 12.0. The van der Waals surface area contributed by atoms with Gasteiger partial charge in [-0.1, -0.05) is 24.8 Å². The third-order valence-electron chi connectivity index (χ3n) is 1.66. The van der Waals surface area contributed by atoms with Gasteiger partial charge in [-0.25, -0.2) is 0 Å². The van der Waals surface area contributed by atoms with Crippen molar-refractivity contribution < 1.29 is 22.8 Å². The standard InChI is InChI=1S/C9H6F3NO3/c1-2-6-4-3-5-7(13(14)15)8(6)16-9(10,11)12/h2-5H,1H2. The largest absolute Gasteiger partial charge is 0.573 e. The van der Waals surface area contributed by atoms with Crippen LogP contribution in [0.4, 0.5) is 18.9 Å². The molecule has 0 amide bonds. The Morgan fingerprint density at radius 3 is 2.50 bits per heavy atom. The minimum atomic E-state index is -4.98. The van der Waals surface area contributed by atoms with Gasteiger partial charge in [-0.15, -0.1) is 13.2 Å². The third kappa shape index (κ3) is 2.72. The SMILES string of the molecule is C=Cc1cccc([N+](=O)[O-])c1OC(F)(F)F. The number of ether oxygens (including phenoxy) is 1. The van der Waals surface area contributed by atoms with Crippen LogP contribution < -0.4 is 4.74 Å². The van der Waals surface area contributed by atoms with Gasteiger partial charge < -0.3 is 4.74 Å². The molecule has 0 saturated carbocycles. The molecule has 16 heavy (non-hydrogen) atoms. The average molecular weight is 233 g/mol. The highest BCUT2D eigenvalue weighted by Gasteiger charge is 2.35. The molecule has 0 aromatic heterocycles. The molecule has 0 unspecified atom stereocenters. The number of nitro groups is 1. The molecular weight excluding hydrogens is 227 g/mol. The van der Waals surface area contributed by atoms with Crippen LogP contribution in [-0.2, 0) is 0 Å². The van der Waals surface area contributed by atoms with E-state index in [2.05, 4.69) is 11.3 Å². The van der Waals surface area contributed by atoms with E-state index in [9.17, 15) is 23.3 Å². The molecule has 0 heterocycles. The molecule has 0 N–H and O–H groups in total. The van der Waals surface area contributed by atoms with Crippen molar-refractivity contribution in [3.05, 3.63) is 40.5 Å². The fourth-order valence-electron chi connectivity index (χ4n) is 1.07. The van der Waals surface area contributed by atoms with Crippen molar-refractivity contribution in [2.75, 3.05) is 0 Å². The summed E-state index contributed by atoms with van der Waals surface area (Å²) in [7, 11) is 0. The number of nitro benzene ring substituents is 1. The van der Waals surface area contributed by atoms with E-state index in [0.29, 0.717) is 0 Å². The Labute approximate surface area is 88.1 Å². The minimum Gasteiger partial charge on any atom is -0.398 e. The summed E-state index contributed by atoms with van der Waals surface area (Å²) in [4.78, 5) is 9.55. The normalized spacial score (nSPS) is 10.9. The van der Waals surface area contributed by atoms with Gasteiger partial charge in [0.05, 0.1) is 4.92 Å². The Hall–Kier alpha value is -2.05. The number of benzene rings is 1. The summed E-state index contributed by atoms with van der Waals surface area (Å²) >= 11 is 0. The Kier molecular flexibility index (Phi) is 3.17. The van der Waals surface area contributed by atoms with Gasteiger partial charge in [0, 0.05) is 11.6 Å². The van der Waals surface area contributed by atoms with E-state index in [-0.39, 0.29) is 5.56 Å². The molecule has 4 nitrogen and oxygen atoms in total. The van der Waals surface area contributed by atoms with Crippen LogP contribution >= 0.6 is 0 Å². The van der Waals surface area contributed by atoms with E-state index < -0.39 is 22.7 Å².